The number of carbonyl (C=O) groups excluding carboxylic acids is 1. The second kappa shape index (κ2) is 10.4. The number of carbonyl (C=O) groups is 1. The van der Waals surface area contributed by atoms with E-state index in [2.05, 4.69) is 4.90 Å². The van der Waals surface area contributed by atoms with Gasteiger partial charge in [0.05, 0.1) is 10.2 Å². The molecular formula is C22H27ClN4O3S3. The van der Waals surface area contributed by atoms with E-state index >= 15 is 0 Å². The van der Waals surface area contributed by atoms with Crippen LogP contribution in [0.25, 0.3) is 10.2 Å². The van der Waals surface area contributed by atoms with Crippen molar-refractivity contribution in [3.63, 3.8) is 0 Å². The van der Waals surface area contributed by atoms with Crippen molar-refractivity contribution in [2.24, 2.45) is 5.92 Å². The summed E-state index contributed by atoms with van der Waals surface area (Å²) in [5, 5.41) is 3.08. The van der Waals surface area contributed by atoms with Crippen LogP contribution in [0.2, 0.25) is 5.02 Å². The highest BCUT2D eigenvalue weighted by Gasteiger charge is 2.35. The summed E-state index contributed by atoms with van der Waals surface area (Å²) < 4.78 is 28.5. The topological polar surface area (TPSA) is 73.8 Å². The van der Waals surface area contributed by atoms with Gasteiger partial charge in [0, 0.05) is 30.6 Å². The molecule has 33 heavy (non-hydrogen) atoms. The van der Waals surface area contributed by atoms with Crippen LogP contribution in [-0.2, 0) is 14.8 Å². The zero-order chi connectivity index (χ0) is 23.6. The first-order valence-corrected chi connectivity index (χ1v) is 14.3. The average Bonchev–Trinajstić information content (AvgIpc) is 3.46. The maximum absolute atomic E-state index is 13.6. The number of piperidine rings is 1. The van der Waals surface area contributed by atoms with Gasteiger partial charge < -0.3 is 4.90 Å². The molecule has 1 amide bonds. The number of halogens is 1. The number of hydrogen-bond acceptors (Lipinski definition) is 7. The van der Waals surface area contributed by atoms with Crippen molar-refractivity contribution in [3.8, 4) is 0 Å². The summed E-state index contributed by atoms with van der Waals surface area (Å²) in [6.45, 7) is 2.12. The third kappa shape index (κ3) is 5.58. The lowest BCUT2D eigenvalue weighted by Gasteiger charge is -2.32. The van der Waals surface area contributed by atoms with Crippen molar-refractivity contribution < 1.29 is 13.2 Å². The molecule has 0 aliphatic carbocycles. The molecule has 0 radical (unpaired) electrons. The van der Waals surface area contributed by atoms with Crippen LogP contribution in [0.3, 0.4) is 0 Å². The van der Waals surface area contributed by atoms with E-state index in [1.54, 1.807) is 28.5 Å². The molecule has 0 unspecified atom stereocenters. The summed E-state index contributed by atoms with van der Waals surface area (Å²) in [6.07, 6.45) is 1.83. The van der Waals surface area contributed by atoms with Crippen LogP contribution in [0.5, 0.6) is 0 Å². The van der Waals surface area contributed by atoms with Crippen molar-refractivity contribution in [1.29, 1.82) is 0 Å². The Balaban J connectivity index is 1.50. The normalized spacial score (nSPS) is 16.0. The molecule has 4 rings (SSSR count). The summed E-state index contributed by atoms with van der Waals surface area (Å²) in [7, 11) is 0.532. The number of thiophene rings is 1. The summed E-state index contributed by atoms with van der Waals surface area (Å²) in [6, 6.07) is 8.91. The molecule has 1 aliphatic rings. The van der Waals surface area contributed by atoms with Gasteiger partial charge in [-0.05, 0) is 69.5 Å². The number of hydrogen-bond donors (Lipinski definition) is 0. The number of benzene rings is 1. The molecule has 0 N–H and O–H groups in total. The second-order valence-electron chi connectivity index (χ2n) is 8.37. The highest BCUT2D eigenvalue weighted by Crippen LogP contribution is 2.33. The number of sulfonamides is 1. The third-order valence-electron chi connectivity index (χ3n) is 5.72. The van der Waals surface area contributed by atoms with Crippen LogP contribution in [0.15, 0.2) is 39.9 Å². The highest BCUT2D eigenvalue weighted by molar-refractivity contribution is 7.91. The van der Waals surface area contributed by atoms with Gasteiger partial charge in [-0.3, -0.25) is 9.69 Å². The third-order valence-corrected chi connectivity index (χ3v) is 10.3. The number of amides is 1. The van der Waals surface area contributed by atoms with Crippen molar-refractivity contribution in [2.75, 3.05) is 45.2 Å². The Morgan fingerprint density at radius 3 is 2.64 bits per heavy atom. The Bertz CT molecular complexity index is 1200. The first-order valence-electron chi connectivity index (χ1n) is 10.8. The average molecular weight is 527 g/mol. The van der Waals surface area contributed by atoms with Gasteiger partial charge in [0.25, 0.3) is 10.0 Å². The monoisotopic (exact) mass is 526 g/mol. The molecule has 1 aliphatic heterocycles. The Hall–Kier alpha value is -1.56. The minimum absolute atomic E-state index is 0.0204. The Morgan fingerprint density at radius 2 is 1.97 bits per heavy atom. The summed E-state index contributed by atoms with van der Waals surface area (Å²) >= 11 is 8.82. The molecule has 1 fully saturated rings. The predicted octanol–water partition coefficient (Wildman–Crippen LogP) is 4.40. The van der Waals surface area contributed by atoms with Gasteiger partial charge in [-0.25, -0.2) is 13.4 Å². The highest BCUT2D eigenvalue weighted by atomic mass is 35.5. The van der Waals surface area contributed by atoms with Crippen LogP contribution in [0, 0.1) is 5.92 Å². The van der Waals surface area contributed by atoms with Gasteiger partial charge in [0.15, 0.2) is 5.13 Å². The van der Waals surface area contributed by atoms with Gasteiger partial charge >= 0.3 is 0 Å². The quantitative estimate of drug-likeness (QED) is 0.435. The first-order chi connectivity index (χ1) is 15.8. The van der Waals surface area contributed by atoms with Crippen LogP contribution in [0.4, 0.5) is 5.13 Å². The Morgan fingerprint density at radius 1 is 1.21 bits per heavy atom. The maximum atomic E-state index is 13.6. The molecule has 7 nitrogen and oxygen atoms in total. The number of anilines is 1. The molecule has 1 saturated heterocycles. The zero-order valence-electron chi connectivity index (χ0n) is 18.6. The number of nitrogens with zero attached hydrogens (tertiary/aromatic N) is 4. The van der Waals surface area contributed by atoms with Crippen LogP contribution >= 0.6 is 34.3 Å². The molecule has 0 saturated carbocycles. The molecule has 3 heterocycles. The van der Waals surface area contributed by atoms with Gasteiger partial charge in [-0.2, -0.15) is 4.31 Å². The van der Waals surface area contributed by atoms with E-state index < -0.39 is 10.0 Å². The molecule has 3 aromatic rings. The minimum Gasteiger partial charge on any atom is -0.309 e. The van der Waals surface area contributed by atoms with Gasteiger partial charge in [-0.15, -0.1) is 11.3 Å². The lowest BCUT2D eigenvalue weighted by atomic mass is 9.96. The first kappa shape index (κ1) is 24.6. The van der Waals surface area contributed by atoms with Gasteiger partial charge in [-0.1, -0.05) is 29.0 Å². The van der Waals surface area contributed by atoms with E-state index in [0.29, 0.717) is 46.8 Å². The molecule has 0 bridgehead atoms. The molecular weight excluding hydrogens is 500 g/mol. The molecule has 0 atom stereocenters. The Kier molecular flexibility index (Phi) is 7.72. The lowest BCUT2D eigenvalue weighted by molar-refractivity contribution is -0.123. The molecule has 178 valence electrons. The van der Waals surface area contributed by atoms with Crippen molar-refractivity contribution in [1.82, 2.24) is 14.2 Å². The minimum atomic E-state index is -3.49. The summed E-state index contributed by atoms with van der Waals surface area (Å²) in [5.74, 6) is -0.207. The number of rotatable bonds is 8. The number of aromatic nitrogens is 1. The molecule has 1 aromatic carbocycles. The molecule has 2 aromatic heterocycles. The van der Waals surface area contributed by atoms with Crippen molar-refractivity contribution >= 4 is 65.6 Å². The number of fused-ring (bicyclic) bond motifs is 1. The lowest BCUT2D eigenvalue weighted by Crippen LogP contribution is -2.45. The van der Waals surface area contributed by atoms with Gasteiger partial charge in [0.1, 0.15) is 4.21 Å². The smallest absolute Gasteiger partial charge is 0.252 e. The van der Waals surface area contributed by atoms with E-state index in [4.69, 9.17) is 16.6 Å². The van der Waals surface area contributed by atoms with Crippen LogP contribution < -0.4 is 4.90 Å². The standard InChI is InChI=1S/C22H27ClN4O3S3/c1-25(2)10-4-11-27(22-24-18-7-6-17(23)15-19(18)32-22)21(28)16-8-12-26(13-9-16)33(29,30)20-5-3-14-31-20/h3,5-7,14-16H,4,8-13H2,1-2H3. The van der Waals surface area contributed by atoms with E-state index in [1.807, 2.05) is 26.2 Å². The summed E-state index contributed by atoms with van der Waals surface area (Å²) in [5.41, 5.74) is 0.821. The predicted molar refractivity (Wildman–Crippen MR) is 136 cm³/mol. The second-order valence-corrected chi connectivity index (χ2v) is 12.9. The SMILES string of the molecule is CN(C)CCCN(C(=O)C1CCN(S(=O)(=O)c2cccs2)CC1)c1nc2ccc(Cl)cc2s1. The van der Waals surface area contributed by atoms with E-state index in [1.165, 1.54) is 27.0 Å². The fraction of sp³-hybridized carbons (Fsp3) is 0.455. The zero-order valence-corrected chi connectivity index (χ0v) is 21.8. The van der Waals surface area contributed by atoms with E-state index in [0.717, 1.165) is 23.2 Å². The molecule has 0 spiro atoms. The van der Waals surface area contributed by atoms with Crippen molar-refractivity contribution in [2.45, 2.75) is 23.5 Å². The van der Waals surface area contributed by atoms with E-state index in [9.17, 15) is 13.2 Å². The fourth-order valence-corrected chi connectivity index (χ4v) is 7.84. The largest absolute Gasteiger partial charge is 0.309 e. The van der Waals surface area contributed by atoms with Crippen molar-refractivity contribution in [3.05, 3.63) is 40.7 Å². The number of thiazole rings is 1. The maximum Gasteiger partial charge on any atom is 0.252 e. The Labute approximate surface area is 207 Å². The summed E-state index contributed by atoms with van der Waals surface area (Å²) in [4.78, 5) is 22.2. The fourth-order valence-electron chi connectivity index (χ4n) is 3.95. The van der Waals surface area contributed by atoms with E-state index in [-0.39, 0.29) is 11.8 Å². The van der Waals surface area contributed by atoms with Crippen LogP contribution in [-0.4, -0.2) is 68.8 Å². The van der Waals surface area contributed by atoms with Gasteiger partial charge in [0.2, 0.25) is 5.91 Å². The molecule has 11 heteroatoms. The van der Waals surface area contributed by atoms with Crippen LogP contribution in [0.1, 0.15) is 19.3 Å².